The lowest BCUT2D eigenvalue weighted by Crippen LogP contribution is -2.29. The van der Waals surface area contributed by atoms with Crippen LogP contribution in [0, 0.1) is 6.92 Å². The van der Waals surface area contributed by atoms with E-state index < -0.39 is 11.7 Å². The number of benzene rings is 2. The van der Waals surface area contributed by atoms with E-state index in [-0.39, 0.29) is 12.4 Å². The molecule has 1 amide bonds. The largest absolute Gasteiger partial charge is 0.334 e. The monoisotopic (exact) mass is 332 g/mol. The zero-order valence-electron chi connectivity index (χ0n) is 12.5. The van der Waals surface area contributed by atoms with Crippen molar-refractivity contribution in [3.05, 3.63) is 64.1 Å². The van der Waals surface area contributed by atoms with E-state index in [4.69, 9.17) is 5.73 Å². The van der Waals surface area contributed by atoms with Crippen molar-refractivity contribution in [1.82, 2.24) is 9.55 Å². The van der Waals surface area contributed by atoms with E-state index in [0.717, 1.165) is 15.7 Å². The second-order valence-corrected chi connectivity index (χ2v) is 5.12. The van der Waals surface area contributed by atoms with Gasteiger partial charge in [0.2, 0.25) is 0 Å². The van der Waals surface area contributed by atoms with Gasteiger partial charge in [-0.25, -0.2) is 14.2 Å². The highest BCUT2D eigenvalue weighted by molar-refractivity contribution is 5.97. The van der Waals surface area contributed by atoms with Gasteiger partial charge in [0.05, 0.1) is 11.0 Å². The van der Waals surface area contributed by atoms with Gasteiger partial charge in [-0.2, -0.15) is 0 Å². The molecule has 120 valence electrons. The summed E-state index contributed by atoms with van der Waals surface area (Å²) in [7, 11) is 0. The van der Waals surface area contributed by atoms with Gasteiger partial charge in [-0.1, -0.05) is 18.2 Å². The number of fused-ring (bicyclic) bond motifs is 1. The number of rotatable bonds is 2. The molecule has 6 nitrogen and oxygen atoms in total. The third-order valence-corrected chi connectivity index (χ3v) is 3.48. The normalized spacial score (nSPS) is 10.3. The van der Waals surface area contributed by atoms with Crippen LogP contribution in [-0.2, 0) is 6.54 Å². The molecule has 0 bridgehead atoms. The third-order valence-electron chi connectivity index (χ3n) is 3.48. The number of carbonyl (C=O) groups excluding carboxylic acids is 1. The molecule has 1 heterocycles. The zero-order chi connectivity index (χ0) is 15.7. The van der Waals surface area contributed by atoms with Gasteiger partial charge in [-0.3, -0.25) is 0 Å². The number of halogens is 1. The molecule has 3 aromatic rings. The van der Waals surface area contributed by atoms with Crippen molar-refractivity contribution in [3.63, 3.8) is 0 Å². The Morgan fingerprint density at radius 1 is 1.22 bits per heavy atom. The highest BCUT2D eigenvalue weighted by atomic mass is 35.5. The van der Waals surface area contributed by atoms with Crippen LogP contribution in [0.2, 0.25) is 0 Å². The van der Waals surface area contributed by atoms with Crippen molar-refractivity contribution < 1.29 is 4.79 Å². The predicted molar refractivity (Wildman–Crippen MR) is 93.3 cm³/mol. The molecule has 0 saturated heterocycles. The summed E-state index contributed by atoms with van der Waals surface area (Å²) >= 11 is 0. The minimum atomic E-state index is -0.498. The summed E-state index contributed by atoms with van der Waals surface area (Å²) in [6.45, 7) is 2.35. The lowest BCUT2D eigenvalue weighted by molar-refractivity contribution is 0.253. The fraction of sp³-hybridized carbons (Fsp3) is 0.125. The second-order valence-electron chi connectivity index (χ2n) is 5.12. The Morgan fingerprint density at radius 2 is 1.91 bits per heavy atom. The van der Waals surface area contributed by atoms with E-state index in [1.54, 1.807) is 24.3 Å². The van der Waals surface area contributed by atoms with Crippen LogP contribution >= 0.6 is 12.4 Å². The molecule has 3 rings (SSSR count). The number of nitrogens with zero attached hydrogens (tertiary/aromatic N) is 1. The Kier molecular flexibility index (Phi) is 4.88. The summed E-state index contributed by atoms with van der Waals surface area (Å²) in [5, 5.41) is 2.71. The van der Waals surface area contributed by atoms with Crippen LogP contribution in [0.1, 0.15) is 11.1 Å². The maximum Gasteiger partial charge on any atom is 0.334 e. The fourth-order valence-corrected chi connectivity index (χ4v) is 2.32. The van der Waals surface area contributed by atoms with Gasteiger partial charge in [0, 0.05) is 12.2 Å². The number of imidazole rings is 1. The molecular formula is C16H17ClN4O2. The quantitative estimate of drug-likeness (QED) is 0.673. The highest BCUT2D eigenvalue weighted by Crippen LogP contribution is 2.14. The molecule has 0 saturated carbocycles. The molecule has 0 fully saturated rings. The Morgan fingerprint density at radius 3 is 2.57 bits per heavy atom. The highest BCUT2D eigenvalue weighted by Gasteiger charge is 2.14. The number of aromatic nitrogens is 2. The maximum absolute atomic E-state index is 12.4. The molecule has 1 aromatic heterocycles. The van der Waals surface area contributed by atoms with Crippen LogP contribution in [-0.4, -0.2) is 15.6 Å². The van der Waals surface area contributed by atoms with Gasteiger partial charge >= 0.3 is 11.7 Å². The van der Waals surface area contributed by atoms with Crippen molar-refractivity contribution in [2.45, 2.75) is 13.5 Å². The molecular weight excluding hydrogens is 316 g/mol. The number of hydrogen-bond acceptors (Lipinski definition) is 3. The first-order valence-electron chi connectivity index (χ1n) is 6.90. The molecule has 0 atom stereocenters. The maximum atomic E-state index is 12.4. The number of nitrogens with two attached hydrogens (primary N) is 1. The topological polar surface area (TPSA) is 92.9 Å². The third kappa shape index (κ3) is 3.28. The summed E-state index contributed by atoms with van der Waals surface area (Å²) in [4.78, 5) is 27.1. The summed E-state index contributed by atoms with van der Waals surface area (Å²) in [6, 6.07) is 12.1. The minimum absolute atomic E-state index is 0. The number of aromatic amines is 1. The van der Waals surface area contributed by atoms with E-state index in [2.05, 4.69) is 10.3 Å². The molecule has 0 aliphatic heterocycles. The van der Waals surface area contributed by atoms with E-state index in [0.29, 0.717) is 23.3 Å². The molecule has 0 aliphatic rings. The Bertz CT molecular complexity index is 897. The number of hydrogen-bond donors (Lipinski definition) is 3. The average molecular weight is 333 g/mol. The van der Waals surface area contributed by atoms with E-state index in [1.165, 1.54) is 0 Å². The summed E-state index contributed by atoms with van der Waals surface area (Å²) in [5.74, 6) is 0. The van der Waals surface area contributed by atoms with Gasteiger partial charge in [0.15, 0.2) is 0 Å². The Balaban J connectivity index is 0.00000192. The van der Waals surface area contributed by atoms with Crippen molar-refractivity contribution >= 4 is 35.2 Å². The Hall–Kier alpha value is -2.57. The Labute approximate surface area is 138 Å². The predicted octanol–water partition coefficient (Wildman–Crippen LogP) is 2.60. The van der Waals surface area contributed by atoms with Crippen molar-refractivity contribution in [2.24, 2.45) is 5.73 Å². The van der Waals surface area contributed by atoms with Crippen LogP contribution in [0.3, 0.4) is 0 Å². The number of anilines is 1. The van der Waals surface area contributed by atoms with Gasteiger partial charge in [-0.05, 0) is 42.3 Å². The van der Waals surface area contributed by atoms with Gasteiger partial charge in [0.25, 0.3) is 0 Å². The summed E-state index contributed by atoms with van der Waals surface area (Å²) < 4.78 is 1.10. The van der Waals surface area contributed by atoms with Crippen molar-refractivity contribution in [1.29, 1.82) is 0 Å². The van der Waals surface area contributed by atoms with Crippen LogP contribution in [0.15, 0.2) is 47.3 Å². The van der Waals surface area contributed by atoms with Crippen LogP contribution in [0.5, 0.6) is 0 Å². The number of nitrogens with one attached hydrogen (secondary N) is 2. The first-order chi connectivity index (χ1) is 10.6. The van der Waals surface area contributed by atoms with Gasteiger partial charge in [0.1, 0.15) is 0 Å². The number of amides is 1. The van der Waals surface area contributed by atoms with Gasteiger partial charge < -0.3 is 16.0 Å². The SMILES string of the molecule is Cc1ccc2[nH]c(=O)n(C(=O)Nc3ccc(CN)cc3)c2c1.Cl. The molecule has 2 aromatic carbocycles. The molecule has 0 radical (unpaired) electrons. The van der Waals surface area contributed by atoms with E-state index in [9.17, 15) is 9.59 Å². The van der Waals surface area contributed by atoms with E-state index >= 15 is 0 Å². The molecule has 0 aliphatic carbocycles. The number of aryl methyl sites for hydroxylation is 1. The molecule has 23 heavy (non-hydrogen) atoms. The van der Waals surface area contributed by atoms with Crippen LogP contribution in [0.4, 0.5) is 10.5 Å². The van der Waals surface area contributed by atoms with Crippen LogP contribution < -0.4 is 16.7 Å². The molecule has 0 spiro atoms. The standard InChI is InChI=1S/C16H16N4O2.ClH/c1-10-2-7-13-14(8-10)20(16(22)19-13)15(21)18-12-5-3-11(9-17)4-6-12;/h2-8H,9,17H2,1H3,(H,18,21)(H,19,22);1H. The van der Waals surface area contributed by atoms with Crippen molar-refractivity contribution in [3.8, 4) is 0 Å². The first kappa shape index (κ1) is 16.8. The lowest BCUT2D eigenvalue weighted by Gasteiger charge is -2.07. The zero-order valence-corrected chi connectivity index (χ0v) is 13.3. The summed E-state index contributed by atoms with van der Waals surface area (Å²) in [5.41, 5.74) is 8.81. The molecule has 0 unspecified atom stereocenters. The van der Waals surface area contributed by atoms with Crippen molar-refractivity contribution in [2.75, 3.05) is 5.32 Å². The fourth-order valence-electron chi connectivity index (χ4n) is 2.32. The van der Waals surface area contributed by atoms with E-state index in [1.807, 2.05) is 25.1 Å². The molecule has 4 N–H and O–H groups in total. The minimum Gasteiger partial charge on any atom is -0.326 e. The van der Waals surface area contributed by atoms with Gasteiger partial charge in [-0.15, -0.1) is 12.4 Å². The first-order valence-corrected chi connectivity index (χ1v) is 6.90. The molecule has 7 heteroatoms. The summed E-state index contributed by atoms with van der Waals surface area (Å²) in [6.07, 6.45) is 0. The van der Waals surface area contributed by atoms with Crippen LogP contribution in [0.25, 0.3) is 11.0 Å². The smallest absolute Gasteiger partial charge is 0.326 e. The lowest BCUT2D eigenvalue weighted by atomic mass is 10.2. The number of H-pyrrole nitrogens is 1. The average Bonchev–Trinajstić information content (AvgIpc) is 2.83. The second kappa shape index (κ2) is 6.68. The number of carbonyl (C=O) groups is 1.